The number of amides is 1. The number of carbonyl (C=O) groups is 2. The third-order valence-electron chi connectivity index (χ3n) is 3.36. The van der Waals surface area contributed by atoms with Crippen molar-refractivity contribution in [2.75, 3.05) is 6.61 Å². The van der Waals surface area contributed by atoms with E-state index in [0.717, 1.165) is 6.92 Å². The number of hydrogen-bond acceptors (Lipinski definition) is 9. The van der Waals surface area contributed by atoms with E-state index in [9.17, 15) is 35.1 Å². The number of hydrogen-bond donors (Lipinski definition) is 8. The zero-order valence-corrected chi connectivity index (χ0v) is 11.5. The number of aliphatic hydroxyl groups excluding tert-OH is 5. The minimum atomic E-state index is -3.27. The van der Waals surface area contributed by atoms with Crippen molar-refractivity contribution in [1.29, 1.82) is 0 Å². The summed E-state index contributed by atoms with van der Waals surface area (Å²) in [4.78, 5) is 22.2. The standard InChI is InChI=1S/C11H19NO10/c1-3(14)12-5-7(17)9(18)11(21,10(19)20)22-8(5)6(16)4(15)2-13/h4-9,13,15-18,21H,2H2,1H3,(H,12,14)(H,19,20)/t4-,5-,6-,7-,8-,9+,11-/m1/s1. The molecule has 0 aromatic heterocycles. The van der Waals surface area contributed by atoms with Gasteiger partial charge in [0.05, 0.1) is 12.6 Å². The van der Waals surface area contributed by atoms with E-state index in [1.54, 1.807) is 0 Å². The van der Waals surface area contributed by atoms with Gasteiger partial charge in [-0.3, -0.25) is 4.79 Å². The molecule has 0 unspecified atom stereocenters. The second-order valence-corrected chi connectivity index (χ2v) is 4.99. The number of carboxylic acids is 1. The molecule has 1 rings (SSSR count). The summed E-state index contributed by atoms with van der Waals surface area (Å²) in [6.45, 7) is 0.112. The molecule has 7 atom stereocenters. The van der Waals surface area contributed by atoms with Gasteiger partial charge in [-0.05, 0) is 0 Å². The summed E-state index contributed by atoms with van der Waals surface area (Å²) in [5.74, 6) is -6.03. The lowest BCUT2D eigenvalue weighted by Crippen LogP contribution is -2.73. The van der Waals surface area contributed by atoms with Crippen LogP contribution in [0.3, 0.4) is 0 Å². The van der Waals surface area contributed by atoms with Gasteiger partial charge in [0.15, 0.2) is 0 Å². The normalized spacial score (nSPS) is 38.1. The van der Waals surface area contributed by atoms with Gasteiger partial charge >= 0.3 is 5.97 Å². The molecular formula is C11H19NO10. The van der Waals surface area contributed by atoms with Gasteiger partial charge in [-0.1, -0.05) is 0 Å². The molecule has 0 radical (unpaired) electrons. The van der Waals surface area contributed by atoms with E-state index in [1.165, 1.54) is 0 Å². The lowest BCUT2D eigenvalue weighted by Gasteiger charge is -2.47. The summed E-state index contributed by atoms with van der Waals surface area (Å²) >= 11 is 0. The smallest absolute Gasteiger partial charge is 0.367 e. The Labute approximate surface area is 124 Å². The SMILES string of the molecule is CC(=O)N[C@@H]1[C@@H](O)[C@H](O)[C@](O)(C(=O)O)O[C@H]1[C@H](O)[C@H](O)CO. The van der Waals surface area contributed by atoms with E-state index in [2.05, 4.69) is 5.32 Å². The van der Waals surface area contributed by atoms with Crippen molar-refractivity contribution in [3.05, 3.63) is 0 Å². The van der Waals surface area contributed by atoms with Crippen molar-refractivity contribution in [3.63, 3.8) is 0 Å². The van der Waals surface area contributed by atoms with Crippen molar-refractivity contribution < 1.29 is 50.1 Å². The van der Waals surface area contributed by atoms with Gasteiger partial charge in [0.2, 0.25) is 5.91 Å². The first-order valence-electron chi connectivity index (χ1n) is 6.30. The van der Waals surface area contributed by atoms with Crippen LogP contribution in [0.5, 0.6) is 0 Å². The number of carboxylic acid groups (broad SMARTS) is 1. The summed E-state index contributed by atoms with van der Waals surface area (Å²) < 4.78 is 4.73. The third-order valence-corrected chi connectivity index (χ3v) is 3.36. The molecule has 11 nitrogen and oxygen atoms in total. The molecule has 1 saturated heterocycles. The topological polar surface area (TPSA) is 197 Å². The van der Waals surface area contributed by atoms with Crippen LogP contribution in [-0.2, 0) is 14.3 Å². The predicted octanol–water partition coefficient (Wildman–Crippen LogP) is -4.90. The average molecular weight is 325 g/mol. The summed E-state index contributed by atoms with van der Waals surface area (Å²) in [6, 6.07) is -1.54. The van der Waals surface area contributed by atoms with Gasteiger partial charge in [-0.15, -0.1) is 0 Å². The number of aliphatic hydroxyl groups is 6. The van der Waals surface area contributed by atoms with E-state index in [-0.39, 0.29) is 0 Å². The Balaban J connectivity index is 3.19. The number of ether oxygens (including phenoxy) is 1. The largest absolute Gasteiger partial charge is 0.477 e. The van der Waals surface area contributed by atoms with Crippen molar-refractivity contribution in [1.82, 2.24) is 5.32 Å². The number of rotatable bonds is 5. The van der Waals surface area contributed by atoms with Crippen LogP contribution in [0.2, 0.25) is 0 Å². The fourth-order valence-corrected chi connectivity index (χ4v) is 2.16. The summed E-state index contributed by atoms with van der Waals surface area (Å²) in [5, 5.41) is 68.6. The molecule has 1 fully saturated rings. The highest BCUT2D eigenvalue weighted by molar-refractivity contribution is 5.77. The molecule has 128 valence electrons. The monoisotopic (exact) mass is 325 g/mol. The molecule has 0 bridgehead atoms. The Kier molecular flexibility index (Phi) is 5.81. The maximum atomic E-state index is 11.1. The zero-order chi connectivity index (χ0) is 17.2. The molecule has 1 amide bonds. The molecule has 8 N–H and O–H groups in total. The Morgan fingerprint density at radius 2 is 1.86 bits per heavy atom. The first-order chi connectivity index (χ1) is 10.1. The Hall–Kier alpha value is -1.34. The fraction of sp³-hybridized carbons (Fsp3) is 0.818. The quantitative estimate of drug-likeness (QED) is 0.242. The predicted molar refractivity (Wildman–Crippen MR) is 66.2 cm³/mol. The molecule has 11 heteroatoms. The fourth-order valence-electron chi connectivity index (χ4n) is 2.16. The van der Waals surface area contributed by atoms with Crippen molar-refractivity contribution in [2.24, 2.45) is 0 Å². The highest BCUT2D eigenvalue weighted by Gasteiger charge is 2.60. The van der Waals surface area contributed by atoms with Crippen LogP contribution in [0.15, 0.2) is 0 Å². The number of nitrogens with one attached hydrogen (secondary N) is 1. The molecule has 0 aromatic carbocycles. The molecule has 1 aliphatic heterocycles. The van der Waals surface area contributed by atoms with E-state index in [1.807, 2.05) is 0 Å². The maximum Gasteiger partial charge on any atom is 0.367 e. The Morgan fingerprint density at radius 3 is 2.27 bits per heavy atom. The minimum absolute atomic E-state index is 0.712. The van der Waals surface area contributed by atoms with Crippen molar-refractivity contribution in [3.8, 4) is 0 Å². The van der Waals surface area contributed by atoms with Crippen LogP contribution in [0, 0.1) is 0 Å². The molecule has 0 aromatic rings. The second-order valence-electron chi connectivity index (χ2n) is 4.99. The minimum Gasteiger partial charge on any atom is -0.477 e. The molecule has 1 heterocycles. The van der Waals surface area contributed by atoms with Gasteiger partial charge in [0.25, 0.3) is 5.79 Å². The van der Waals surface area contributed by atoms with E-state index in [0.29, 0.717) is 0 Å². The van der Waals surface area contributed by atoms with Crippen molar-refractivity contribution in [2.45, 2.75) is 49.3 Å². The van der Waals surface area contributed by atoms with Crippen LogP contribution in [0.4, 0.5) is 0 Å². The summed E-state index contributed by atoms with van der Waals surface area (Å²) in [5.41, 5.74) is 0. The second kappa shape index (κ2) is 6.83. The van der Waals surface area contributed by atoms with Crippen LogP contribution >= 0.6 is 0 Å². The highest BCUT2D eigenvalue weighted by Crippen LogP contribution is 2.31. The van der Waals surface area contributed by atoms with Crippen LogP contribution in [0.1, 0.15) is 6.92 Å². The van der Waals surface area contributed by atoms with Crippen LogP contribution in [0.25, 0.3) is 0 Å². The summed E-state index contributed by atoms with van der Waals surface area (Å²) in [7, 11) is 0. The molecule has 1 aliphatic rings. The third kappa shape index (κ3) is 3.35. The highest BCUT2D eigenvalue weighted by atomic mass is 16.7. The zero-order valence-electron chi connectivity index (χ0n) is 11.5. The Morgan fingerprint density at radius 1 is 1.32 bits per heavy atom. The summed E-state index contributed by atoms with van der Waals surface area (Å²) in [6.07, 6.45) is -9.94. The van der Waals surface area contributed by atoms with Crippen molar-refractivity contribution >= 4 is 11.9 Å². The van der Waals surface area contributed by atoms with Gasteiger partial charge in [-0.25, -0.2) is 4.79 Å². The van der Waals surface area contributed by atoms with E-state index in [4.69, 9.17) is 14.9 Å². The van der Waals surface area contributed by atoms with Gasteiger partial charge in [-0.2, -0.15) is 0 Å². The lowest BCUT2D eigenvalue weighted by molar-refractivity contribution is -0.332. The first-order valence-corrected chi connectivity index (χ1v) is 6.30. The molecule has 0 saturated carbocycles. The van der Waals surface area contributed by atoms with E-state index < -0.39 is 60.8 Å². The molecule has 0 spiro atoms. The molecule has 0 aliphatic carbocycles. The maximum absolute atomic E-state index is 11.1. The average Bonchev–Trinajstić information content (AvgIpc) is 2.45. The van der Waals surface area contributed by atoms with Gasteiger partial charge in [0, 0.05) is 6.92 Å². The lowest BCUT2D eigenvalue weighted by atomic mass is 9.86. The molecular weight excluding hydrogens is 306 g/mol. The van der Waals surface area contributed by atoms with Gasteiger partial charge < -0.3 is 45.8 Å². The van der Waals surface area contributed by atoms with E-state index >= 15 is 0 Å². The van der Waals surface area contributed by atoms with Gasteiger partial charge in [0.1, 0.15) is 30.5 Å². The Bertz CT molecular complexity index is 431. The van der Waals surface area contributed by atoms with Crippen LogP contribution in [-0.4, -0.2) is 96.6 Å². The first kappa shape index (κ1) is 18.7. The molecule has 22 heavy (non-hydrogen) atoms. The number of carbonyl (C=O) groups excluding carboxylic acids is 1. The number of aliphatic carboxylic acids is 1. The van der Waals surface area contributed by atoms with Crippen LogP contribution < -0.4 is 5.32 Å².